The van der Waals surface area contributed by atoms with Gasteiger partial charge in [0.25, 0.3) is 0 Å². The van der Waals surface area contributed by atoms with Crippen LogP contribution < -0.4 is 0 Å². The van der Waals surface area contributed by atoms with Crippen LogP contribution in [0.3, 0.4) is 0 Å². The minimum Gasteiger partial charge on any atom is -0.444 e. The lowest BCUT2D eigenvalue weighted by molar-refractivity contribution is -0.119. The molecule has 0 radical (unpaired) electrons. The first-order chi connectivity index (χ1) is 10.7. The van der Waals surface area contributed by atoms with Crippen LogP contribution in [0.15, 0.2) is 0 Å². The molecule has 0 bridgehead atoms. The van der Waals surface area contributed by atoms with Gasteiger partial charge in [0.2, 0.25) is 0 Å². The molecule has 0 aromatic heterocycles. The molecule has 0 N–H and O–H groups in total. The second kappa shape index (κ2) is 7.89. The number of hydrogen-bond acceptors (Lipinski definition) is 3. The summed E-state index contributed by atoms with van der Waals surface area (Å²) in [6.07, 6.45) is 7.01. The Labute approximate surface area is 154 Å². The molecule has 0 spiro atoms. The summed E-state index contributed by atoms with van der Waals surface area (Å²) in [5.41, 5.74) is -0.478. The van der Waals surface area contributed by atoms with Crippen LogP contribution in [0.5, 0.6) is 0 Å². The molecule has 0 atom stereocenters. The normalized spacial score (nSPS) is 28.5. The molecule has 0 aromatic carbocycles. The molecule has 134 valence electrons. The van der Waals surface area contributed by atoms with Gasteiger partial charge in [-0.25, -0.2) is 4.79 Å². The first kappa shape index (κ1) is 19.3. The van der Waals surface area contributed by atoms with Crippen molar-refractivity contribution >= 4 is 28.7 Å². The van der Waals surface area contributed by atoms with E-state index in [-0.39, 0.29) is 11.7 Å². The molecule has 0 unspecified atom stereocenters. The summed E-state index contributed by atoms with van der Waals surface area (Å²) in [5.74, 6) is 0.847. The van der Waals surface area contributed by atoms with E-state index in [0.29, 0.717) is 6.10 Å². The van der Waals surface area contributed by atoms with Gasteiger partial charge in [0, 0.05) is 17.5 Å². The molecule has 1 saturated carbocycles. The predicted molar refractivity (Wildman–Crippen MR) is 101 cm³/mol. The number of likely N-dealkylation sites (tertiary alicyclic amines) is 1. The Morgan fingerprint density at radius 1 is 1.17 bits per heavy atom. The molecule has 1 aliphatic carbocycles. The Morgan fingerprint density at radius 2 is 1.74 bits per heavy atom. The van der Waals surface area contributed by atoms with Crippen molar-refractivity contribution in [1.29, 1.82) is 0 Å². The van der Waals surface area contributed by atoms with E-state index in [1.165, 1.54) is 25.7 Å². The summed E-state index contributed by atoms with van der Waals surface area (Å²) >= 11 is 2.45. The zero-order valence-electron chi connectivity index (χ0n) is 15.1. The predicted octanol–water partition coefficient (Wildman–Crippen LogP) is 4.79. The second-order valence-electron chi connectivity index (χ2n) is 8.28. The fourth-order valence-corrected chi connectivity index (χ4v) is 4.35. The SMILES string of the molecule is CC1CCC(OC2(CI)CCN(C(=O)OC(C)(C)C)CC2)CC1. The Hall–Kier alpha value is -0.0400. The molecule has 2 rings (SSSR count). The maximum Gasteiger partial charge on any atom is 0.410 e. The zero-order chi connectivity index (χ0) is 17.1. The van der Waals surface area contributed by atoms with E-state index in [9.17, 15) is 4.79 Å². The molecule has 4 nitrogen and oxygen atoms in total. The van der Waals surface area contributed by atoms with Crippen molar-refractivity contribution in [1.82, 2.24) is 4.90 Å². The monoisotopic (exact) mass is 437 g/mol. The minimum atomic E-state index is -0.426. The van der Waals surface area contributed by atoms with Gasteiger partial charge >= 0.3 is 6.09 Å². The number of amides is 1. The highest BCUT2D eigenvalue weighted by Gasteiger charge is 2.39. The second-order valence-corrected chi connectivity index (χ2v) is 9.05. The third-order valence-electron chi connectivity index (χ3n) is 4.95. The third-order valence-corrected chi connectivity index (χ3v) is 6.34. The van der Waals surface area contributed by atoms with Crippen molar-refractivity contribution in [3.8, 4) is 0 Å². The highest BCUT2D eigenvalue weighted by molar-refractivity contribution is 14.1. The molecule has 0 aromatic rings. The number of carbonyl (C=O) groups is 1. The fraction of sp³-hybridized carbons (Fsp3) is 0.944. The number of nitrogens with zero attached hydrogens (tertiary/aromatic N) is 1. The average Bonchev–Trinajstić information content (AvgIpc) is 2.48. The lowest BCUT2D eigenvalue weighted by Gasteiger charge is -2.43. The first-order valence-electron chi connectivity index (χ1n) is 8.95. The number of hydrogen-bond donors (Lipinski definition) is 0. The van der Waals surface area contributed by atoms with Gasteiger partial charge in [-0.3, -0.25) is 0 Å². The van der Waals surface area contributed by atoms with Crippen molar-refractivity contribution < 1.29 is 14.3 Å². The van der Waals surface area contributed by atoms with Gasteiger partial charge < -0.3 is 14.4 Å². The summed E-state index contributed by atoms with van der Waals surface area (Å²) < 4.78 is 13.0. The maximum absolute atomic E-state index is 12.2. The van der Waals surface area contributed by atoms with Crippen LogP contribution in [0.4, 0.5) is 4.79 Å². The van der Waals surface area contributed by atoms with Gasteiger partial charge in [-0.05, 0) is 65.2 Å². The number of rotatable bonds is 3. The van der Waals surface area contributed by atoms with Crippen molar-refractivity contribution in [2.75, 3.05) is 17.5 Å². The molecular weight excluding hydrogens is 405 g/mol. The molecule has 1 saturated heterocycles. The van der Waals surface area contributed by atoms with E-state index in [1.54, 1.807) is 0 Å². The van der Waals surface area contributed by atoms with Gasteiger partial charge in [0.1, 0.15) is 5.60 Å². The zero-order valence-corrected chi connectivity index (χ0v) is 17.2. The largest absolute Gasteiger partial charge is 0.444 e. The number of halogens is 1. The van der Waals surface area contributed by atoms with E-state index in [4.69, 9.17) is 9.47 Å². The van der Waals surface area contributed by atoms with Crippen LogP contribution in [-0.4, -0.2) is 45.8 Å². The van der Waals surface area contributed by atoms with Gasteiger partial charge in [-0.15, -0.1) is 0 Å². The Morgan fingerprint density at radius 3 is 2.22 bits per heavy atom. The van der Waals surface area contributed by atoms with Crippen LogP contribution in [0.1, 0.15) is 66.2 Å². The van der Waals surface area contributed by atoms with Crippen LogP contribution in [0.2, 0.25) is 0 Å². The number of alkyl halides is 1. The molecular formula is C18H32INO3. The summed E-state index contributed by atoms with van der Waals surface area (Å²) in [4.78, 5) is 14.0. The van der Waals surface area contributed by atoms with Gasteiger partial charge in [-0.1, -0.05) is 29.5 Å². The molecule has 2 aliphatic rings. The average molecular weight is 437 g/mol. The number of ether oxygens (including phenoxy) is 2. The molecule has 5 heteroatoms. The standard InChI is InChI=1S/C18H32INO3/c1-14-5-7-15(8-6-14)22-18(13-19)9-11-20(12-10-18)16(21)23-17(2,3)4/h14-15H,5-13H2,1-4H3. The van der Waals surface area contributed by atoms with Gasteiger partial charge in [0.15, 0.2) is 0 Å². The highest BCUT2D eigenvalue weighted by Crippen LogP contribution is 2.35. The molecule has 1 aliphatic heterocycles. The highest BCUT2D eigenvalue weighted by atomic mass is 127. The molecule has 1 amide bonds. The van der Waals surface area contributed by atoms with E-state index in [0.717, 1.165) is 36.3 Å². The van der Waals surface area contributed by atoms with E-state index < -0.39 is 5.60 Å². The summed E-state index contributed by atoms with van der Waals surface area (Å²) in [6.45, 7) is 9.55. The minimum absolute atomic E-state index is 0.0513. The van der Waals surface area contributed by atoms with Crippen LogP contribution in [0.25, 0.3) is 0 Å². The maximum atomic E-state index is 12.2. The third kappa shape index (κ3) is 5.76. The van der Waals surface area contributed by atoms with Crippen molar-refractivity contribution in [2.45, 2.75) is 83.5 Å². The van der Waals surface area contributed by atoms with E-state index >= 15 is 0 Å². The summed E-state index contributed by atoms with van der Waals surface area (Å²) in [7, 11) is 0. The van der Waals surface area contributed by atoms with E-state index in [2.05, 4.69) is 29.5 Å². The Bertz CT molecular complexity index is 392. The smallest absolute Gasteiger partial charge is 0.410 e. The van der Waals surface area contributed by atoms with Crippen molar-refractivity contribution in [3.05, 3.63) is 0 Å². The number of piperidine rings is 1. The van der Waals surface area contributed by atoms with Crippen LogP contribution >= 0.6 is 22.6 Å². The van der Waals surface area contributed by atoms with Gasteiger partial charge in [0.05, 0.1) is 11.7 Å². The van der Waals surface area contributed by atoms with Gasteiger partial charge in [-0.2, -0.15) is 0 Å². The van der Waals surface area contributed by atoms with Crippen LogP contribution in [0, 0.1) is 5.92 Å². The number of carbonyl (C=O) groups excluding carboxylic acids is 1. The Balaban J connectivity index is 1.85. The lowest BCUT2D eigenvalue weighted by atomic mass is 9.87. The fourth-order valence-electron chi connectivity index (χ4n) is 3.41. The van der Waals surface area contributed by atoms with Crippen molar-refractivity contribution in [3.63, 3.8) is 0 Å². The quantitative estimate of drug-likeness (QED) is 0.471. The van der Waals surface area contributed by atoms with E-state index in [1.807, 2.05) is 25.7 Å². The summed E-state index contributed by atoms with van der Waals surface area (Å²) in [6, 6.07) is 0. The first-order valence-corrected chi connectivity index (χ1v) is 10.5. The summed E-state index contributed by atoms with van der Waals surface area (Å²) in [5, 5.41) is 0. The van der Waals surface area contributed by atoms with Crippen molar-refractivity contribution in [2.24, 2.45) is 5.92 Å². The van der Waals surface area contributed by atoms with Crippen LogP contribution in [-0.2, 0) is 9.47 Å². The Kier molecular flexibility index (Phi) is 6.62. The molecule has 23 heavy (non-hydrogen) atoms. The molecule has 1 heterocycles. The lowest BCUT2D eigenvalue weighted by Crippen LogP contribution is -2.51. The molecule has 2 fully saturated rings. The topological polar surface area (TPSA) is 38.8 Å².